The zero-order valence-corrected chi connectivity index (χ0v) is 33.9. The van der Waals surface area contributed by atoms with E-state index in [2.05, 4.69) is 17.9 Å². The van der Waals surface area contributed by atoms with Crippen molar-refractivity contribution in [2.24, 2.45) is 5.92 Å². The van der Waals surface area contributed by atoms with Crippen molar-refractivity contribution >= 4 is 53.8 Å². The maximum absolute atomic E-state index is 14.1. The van der Waals surface area contributed by atoms with Crippen LogP contribution in [0.15, 0.2) is 35.9 Å². The number of carbonyl (C=O) groups excluding carboxylic acids is 4. The molecule has 3 aliphatic rings. The standard InChI is InChI=1S/C38H54ClN3O10S/c1-21-12-11-13-28(49-10)38(47)20-27(50-35(46)40-38)22(2)33-37(6,52-33)29(51-34(45)23(3)41(7)30(43)14-15-36(4,5)53)19-31(44)42(8)25-17-24(16-21)18-26(48-9)32(25)39/h11-13,17-18,22-23,27-29,33,47,53H,14-16,19-20H2,1-10H3,(H,40,46)/t22?,23-,27?,28?,29?,33?,37?,38?/m0/s1. The van der Waals surface area contributed by atoms with E-state index in [1.807, 2.05) is 26.8 Å². The maximum atomic E-state index is 14.1. The van der Waals surface area contributed by atoms with Crippen molar-refractivity contribution in [1.29, 1.82) is 0 Å². The number of allylic oxidation sites excluding steroid dienone is 3. The minimum Gasteiger partial charge on any atom is -0.495 e. The molecule has 3 amide bonds. The molecule has 13 nitrogen and oxygen atoms in total. The van der Waals surface area contributed by atoms with E-state index in [9.17, 15) is 24.3 Å². The quantitative estimate of drug-likeness (QED) is 0.187. The number of halogens is 1. The first-order chi connectivity index (χ1) is 24.6. The Balaban J connectivity index is 1.74. The van der Waals surface area contributed by atoms with E-state index in [-0.39, 0.29) is 34.9 Å². The van der Waals surface area contributed by atoms with Crippen LogP contribution in [0.5, 0.6) is 5.75 Å². The van der Waals surface area contributed by atoms with Gasteiger partial charge < -0.3 is 38.6 Å². The van der Waals surface area contributed by atoms with Crippen molar-refractivity contribution in [2.75, 3.05) is 33.2 Å². The highest BCUT2D eigenvalue weighted by atomic mass is 35.5. The van der Waals surface area contributed by atoms with Gasteiger partial charge in [0.25, 0.3) is 0 Å². The molecule has 294 valence electrons. The molecule has 0 spiro atoms. The van der Waals surface area contributed by atoms with Gasteiger partial charge in [-0.25, -0.2) is 9.59 Å². The average Bonchev–Trinajstić information content (AvgIpc) is 3.78. The Morgan fingerprint density at radius 2 is 1.94 bits per heavy atom. The average molecular weight is 780 g/mol. The Labute approximate surface area is 322 Å². The van der Waals surface area contributed by atoms with Crippen LogP contribution in [-0.2, 0) is 39.8 Å². The summed E-state index contributed by atoms with van der Waals surface area (Å²) < 4.78 is 28.8. The van der Waals surface area contributed by atoms with E-state index in [0.29, 0.717) is 24.3 Å². The number of rotatable bonds is 8. The van der Waals surface area contributed by atoms with Crippen molar-refractivity contribution < 1.29 is 48.0 Å². The molecule has 0 saturated carbocycles. The zero-order chi connectivity index (χ0) is 39.6. The monoisotopic (exact) mass is 779 g/mol. The molecule has 53 heavy (non-hydrogen) atoms. The summed E-state index contributed by atoms with van der Waals surface area (Å²) in [5.74, 6) is -1.58. The maximum Gasteiger partial charge on any atom is 0.409 e. The summed E-state index contributed by atoms with van der Waals surface area (Å²) in [4.78, 5) is 56.5. The predicted molar refractivity (Wildman–Crippen MR) is 203 cm³/mol. The highest BCUT2D eigenvalue weighted by Crippen LogP contribution is 2.49. The summed E-state index contributed by atoms with van der Waals surface area (Å²) in [6, 6.07) is 2.60. The van der Waals surface area contributed by atoms with Crippen LogP contribution in [0.1, 0.15) is 72.8 Å². The number of nitrogens with zero attached hydrogens (tertiary/aromatic N) is 2. The Kier molecular flexibility index (Phi) is 13.3. The second kappa shape index (κ2) is 16.6. The summed E-state index contributed by atoms with van der Waals surface area (Å²) in [6.45, 7) is 10.8. The number of esters is 1. The summed E-state index contributed by atoms with van der Waals surface area (Å²) in [5.41, 5.74) is -0.916. The second-order valence-corrected chi connectivity index (χ2v) is 16.8. The SMILES string of the molecule is COc1cc2cc(c1Cl)N(C)C(=O)CC(OC(=O)[C@H](C)N(C)C(=O)CCC(C)(C)S)C1(C)OC1C(C)C1CC(O)(NC(=O)O1)C(OC)C=CC=C(C)C2. The number of anilines is 1. The lowest BCUT2D eigenvalue weighted by atomic mass is 9.83. The molecule has 0 aliphatic carbocycles. The number of hydrogen-bond acceptors (Lipinski definition) is 11. The zero-order valence-electron chi connectivity index (χ0n) is 32.2. The number of alkyl carbamates (subject to hydrolysis) is 1. The molecular weight excluding hydrogens is 726 g/mol. The van der Waals surface area contributed by atoms with Crippen LogP contribution in [0.25, 0.3) is 0 Å². The van der Waals surface area contributed by atoms with E-state index in [1.54, 1.807) is 52.1 Å². The molecule has 3 aliphatic heterocycles. The largest absolute Gasteiger partial charge is 0.495 e. The molecule has 15 heteroatoms. The molecule has 1 aromatic carbocycles. The van der Waals surface area contributed by atoms with Gasteiger partial charge in [0.05, 0.1) is 25.3 Å². The normalized spacial score (nSPS) is 29.9. The highest BCUT2D eigenvalue weighted by Gasteiger charge is 2.64. The number of methoxy groups -OCH3 is 2. The van der Waals surface area contributed by atoms with Gasteiger partial charge in [-0.1, -0.05) is 56.2 Å². The number of ether oxygens (including phenoxy) is 5. The van der Waals surface area contributed by atoms with Gasteiger partial charge in [-0.15, -0.1) is 0 Å². The van der Waals surface area contributed by atoms with Crippen LogP contribution in [0.2, 0.25) is 5.02 Å². The fourth-order valence-corrected chi connectivity index (χ4v) is 7.23. The van der Waals surface area contributed by atoms with E-state index in [1.165, 1.54) is 31.1 Å². The lowest BCUT2D eigenvalue weighted by molar-refractivity contribution is -0.162. The number of nitrogens with one attached hydrogen (secondary N) is 1. The van der Waals surface area contributed by atoms with Gasteiger partial charge in [0.1, 0.15) is 40.7 Å². The number of carbonyl (C=O) groups is 4. The smallest absolute Gasteiger partial charge is 0.409 e. The molecule has 8 atom stereocenters. The molecule has 2 fully saturated rings. The Morgan fingerprint density at radius 3 is 2.57 bits per heavy atom. The van der Waals surface area contributed by atoms with E-state index in [4.69, 9.17) is 35.3 Å². The van der Waals surface area contributed by atoms with E-state index in [0.717, 1.165) is 11.1 Å². The van der Waals surface area contributed by atoms with E-state index < -0.39 is 65.7 Å². The van der Waals surface area contributed by atoms with Gasteiger partial charge in [-0.2, -0.15) is 12.6 Å². The third-order valence-electron chi connectivity index (χ3n) is 10.5. The molecule has 4 bridgehead atoms. The van der Waals surface area contributed by atoms with Gasteiger partial charge in [-0.3, -0.25) is 14.9 Å². The first-order valence-corrected chi connectivity index (χ1v) is 18.5. The number of epoxide rings is 1. The number of amides is 3. The topological polar surface area (TPSA) is 156 Å². The van der Waals surface area contributed by atoms with Gasteiger partial charge in [0, 0.05) is 44.7 Å². The number of fused-ring (bicyclic) bond motifs is 5. The molecule has 7 unspecified atom stereocenters. The highest BCUT2D eigenvalue weighted by molar-refractivity contribution is 7.81. The first kappa shape index (κ1) is 42.4. The summed E-state index contributed by atoms with van der Waals surface area (Å²) in [6.07, 6.45) is 1.61. The fourth-order valence-electron chi connectivity index (χ4n) is 6.81. The molecule has 0 radical (unpaired) electrons. The lowest BCUT2D eigenvalue weighted by Crippen LogP contribution is -2.63. The third-order valence-corrected chi connectivity index (χ3v) is 11.1. The molecule has 2 N–H and O–H groups in total. The van der Waals surface area contributed by atoms with Gasteiger partial charge in [0.2, 0.25) is 11.8 Å². The van der Waals surface area contributed by atoms with Crippen LogP contribution >= 0.6 is 24.2 Å². The summed E-state index contributed by atoms with van der Waals surface area (Å²) in [7, 11) is 6.02. The van der Waals surface area contributed by atoms with Crippen LogP contribution in [-0.4, -0.2) is 109 Å². The predicted octanol–water partition coefficient (Wildman–Crippen LogP) is 5.00. The summed E-state index contributed by atoms with van der Waals surface area (Å²) >= 11 is 11.3. The molecule has 1 aromatic rings. The first-order valence-electron chi connectivity index (χ1n) is 17.7. The van der Waals surface area contributed by atoms with Gasteiger partial charge in [0.15, 0.2) is 5.72 Å². The van der Waals surface area contributed by atoms with Crippen LogP contribution in [0.3, 0.4) is 0 Å². The minimum atomic E-state index is -1.83. The van der Waals surface area contributed by atoms with Crippen LogP contribution < -0.4 is 15.0 Å². The van der Waals surface area contributed by atoms with Gasteiger partial charge >= 0.3 is 12.1 Å². The van der Waals surface area contributed by atoms with Crippen molar-refractivity contribution in [2.45, 2.75) is 120 Å². The van der Waals surface area contributed by atoms with Crippen molar-refractivity contribution in [3.63, 3.8) is 0 Å². The van der Waals surface area contributed by atoms with Crippen molar-refractivity contribution in [1.82, 2.24) is 10.2 Å². The van der Waals surface area contributed by atoms with Crippen molar-refractivity contribution in [3.05, 3.63) is 46.5 Å². The molecule has 4 rings (SSSR count). The second-order valence-electron chi connectivity index (χ2n) is 15.2. The minimum absolute atomic E-state index is 0.0509. The Morgan fingerprint density at radius 1 is 1.26 bits per heavy atom. The summed E-state index contributed by atoms with van der Waals surface area (Å²) in [5, 5.41) is 14.5. The van der Waals surface area contributed by atoms with Crippen LogP contribution in [0, 0.1) is 5.92 Å². The number of thiol groups is 1. The number of aliphatic hydroxyl groups is 1. The molecular formula is C38H54ClN3O10S. The molecule has 3 heterocycles. The number of likely N-dealkylation sites (N-methyl/N-ethyl adjacent to an activating group) is 1. The Hall–Kier alpha value is -3.30. The molecule has 2 saturated heterocycles. The van der Waals surface area contributed by atoms with Crippen LogP contribution in [0.4, 0.5) is 10.5 Å². The number of benzene rings is 1. The van der Waals surface area contributed by atoms with E-state index >= 15 is 0 Å². The Bertz CT molecular complexity index is 1630. The molecule has 0 aromatic heterocycles. The fraction of sp³-hybridized carbons (Fsp3) is 0.632. The number of hydrogen-bond donors (Lipinski definition) is 3. The third kappa shape index (κ3) is 9.88. The van der Waals surface area contributed by atoms with Crippen molar-refractivity contribution in [3.8, 4) is 5.75 Å². The van der Waals surface area contributed by atoms with Gasteiger partial charge in [-0.05, 0) is 51.3 Å². The lowest BCUT2D eigenvalue weighted by Gasteiger charge is -2.42.